The van der Waals surface area contributed by atoms with Gasteiger partial charge in [-0.1, -0.05) is 30.7 Å². The lowest BCUT2D eigenvalue weighted by molar-refractivity contribution is -0.139. The molecule has 0 heterocycles. The zero-order valence-electron chi connectivity index (χ0n) is 22.8. The summed E-state index contributed by atoms with van der Waals surface area (Å²) in [5.41, 5.74) is 0.793. The number of rotatable bonds is 12. The molecule has 3 rings (SSSR count). The highest BCUT2D eigenvalue weighted by molar-refractivity contribution is 7.92. The lowest BCUT2D eigenvalue weighted by Gasteiger charge is -2.32. The number of ether oxygens (including phenoxy) is 1. The van der Waals surface area contributed by atoms with Crippen molar-refractivity contribution in [3.05, 3.63) is 89.2 Å². The molecule has 3 aromatic rings. The van der Waals surface area contributed by atoms with Crippen LogP contribution in [0.2, 0.25) is 5.02 Å². The Morgan fingerprint density at radius 3 is 2.12 bits per heavy atom. The molecule has 2 atom stereocenters. The molecule has 0 aliphatic heterocycles. The molecule has 0 saturated carbocycles. The van der Waals surface area contributed by atoms with E-state index in [4.69, 9.17) is 16.3 Å². The number of amides is 2. The summed E-state index contributed by atoms with van der Waals surface area (Å²) in [6.45, 7) is 4.71. The molecule has 0 unspecified atom stereocenters. The van der Waals surface area contributed by atoms with Crippen molar-refractivity contribution in [1.29, 1.82) is 0 Å². The topological polar surface area (TPSA) is 96.0 Å². The summed E-state index contributed by atoms with van der Waals surface area (Å²) >= 11 is 6.04. The summed E-state index contributed by atoms with van der Waals surface area (Å²) in [7, 11) is -2.76. The zero-order valence-corrected chi connectivity index (χ0v) is 24.4. The predicted octanol–water partition coefficient (Wildman–Crippen LogP) is 5.02. The van der Waals surface area contributed by atoms with Crippen molar-refractivity contribution in [1.82, 2.24) is 10.2 Å². The number of nitrogens with one attached hydrogen (secondary N) is 1. The summed E-state index contributed by atoms with van der Waals surface area (Å²) in [5, 5.41) is 3.26. The lowest BCUT2D eigenvalue weighted by Crippen LogP contribution is -2.52. The summed E-state index contributed by atoms with van der Waals surface area (Å²) in [5.74, 6) is -0.979. The molecule has 0 spiro atoms. The fourth-order valence-corrected chi connectivity index (χ4v) is 5.39. The van der Waals surface area contributed by atoms with Crippen LogP contribution in [0.1, 0.15) is 32.8 Å². The minimum absolute atomic E-state index is 0.0365. The van der Waals surface area contributed by atoms with E-state index in [-0.39, 0.29) is 29.1 Å². The average molecular weight is 590 g/mol. The van der Waals surface area contributed by atoms with E-state index in [2.05, 4.69) is 5.32 Å². The van der Waals surface area contributed by atoms with Crippen LogP contribution in [-0.4, -0.2) is 50.9 Å². The van der Waals surface area contributed by atoms with Gasteiger partial charge in [-0.15, -0.1) is 0 Å². The van der Waals surface area contributed by atoms with Crippen molar-refractivity contribution in [2.45, 2.75) is 50.7 Å². The van der Waals surface area contributed by atoms with Crippen molar-refractivity contribution in [2.75, 3.05) is 18.0 Å². The standard InChI is InChI=1S/C29H33ClFN3O5S/c1-5-20(2)32-29(36)21(3)33(18-22-6-10-24(31)11-7-22)28(35)19-34(25-12-8-23(30)9-13-25)40(37,38)27-16-14-26(39-4)15-17-27/h6-17,20-21H,5,18-19H2,1-4H3,(H,32,36)/t20-,21-/m1/s1. The number of anilines is 1. The number of hydrogen-bond donors (Lipinski definition) is 1. The van der Waals surface area contributed by atoms with Gasteiger partial charge in [0.2, 0.25) is 11.8 Å². The van der Waals surface area contributed by atoms with Gasteiger partial charge in [0.15, 0.2) is 0 Å². The van der Waals surface area contributed by atoms with E-state index >= 15 is 0 Å². The first-order chi connectivity index (χ1) is 19.0. The van der Waals surface area contributed by atoms with Gasteiger partial charge in [-0.2, -0.15) is 0 Å². The van der Waals surface area contributed by atoms with E-state index < -0.39 is 34.3 Å². The molecular formula is C29H33ClFN3O5S. The lowest BCUT2D eigenvalue weighted by atomic mass is 10.1. The first-order valence-electron chi connectivity index (χ1n) is 12.7. The van der Waals surface area contributed by atoms with Crippen LogP contribution >= 0.6 is 11.6 Å². The van der Waals surface area contributed by atoms with Crippen molar-refractivity contribution in [3.63, 3.8) is 0 Å². The second-order valence-electron chi connectivity index (χ2n) is 9.31. The zero-order chi connectivity index (χ0) is 29.4. The molecular weight excluding hydrogens is 557 g/mol. The molecule has 0 fully saturated rings. The van der Waals surface area contributed by atoms with Crippen molar-refractivity contribution in [3.8, 4) is 5.75 Å². The molecule has 40 heavy (non-hydrogen) atoms. The average Bonchev–Trinajstić information content (AvgIpc) is 2.95. The Kier molecular flexibility index (Phi) is 10.5. The number of halogens is 2. The minimum atomic E-state index is -4.23. The van der Waals surface area contributed by atoms with E-state index in [0.29, 0.717) is 22.8 Å². The first-order valence-corrected chi connectivity index (χ1v) is 14.5. The molecule has 0 aliphatic carbocycles. The number of hydrogen-bond acceptors (Lipinski definition) is 5. The SMILES string of the molecule is CC[C@@H](C)NC(=O)[C@@H](C)N(Cc1ccc(F)cc1)C(=O)CN(c1ccc(Cl)cc1)S(=O)(=O)c1ccc(OC)cc1. The highest BCUT2D eigenvalue weighted by atomic mass is 35.5. The summed E-state index contributed by atoms with van der Waals surface area (Å²) < 4.78 is 47.3. The predicted molar refractivity (Wildman–Crippen MR) is 153 cm³/mol. The maximum atomic E-state index is 13.9. The fourth-order valence-electron chi connectivity index (χ4n) is 3.85. The van der Waals surface area contributed by atoms with Gasteiger partial charge in [-0.05, 0) is 86.5 Å². The van der Waals surface area contributed by atoms with Gasteiger partial charge in [-0.3, -0.25) is 13.9 Å². The van der Waals surface area contributed by atoms with E-state index in [1.165, 1.54) is 84.8 Å². The van der Waals surface area contributed by atoms with Crippen LogP contribution in [-0.2, 0) is 26.2 Å². The van der Waals surface area contributed by atoms with Crippen LogP contribution in [0.5, 0.6) is 5.75 Å². The van der Waals surface area contributed by atoms with Gasteiger partial charge in [-0.25, -0.2) is 12.8 Å². The van der Waals surface area contributed by atoms with Gasteiger partial charge in [0.1, 0.15) is 24.2 Å². The van der Waals surface area contributed by atoms with Crippen LogP contribution in [0, 0.1) is 5.82 Å². The van der Waals surface area contributed by atoms with Crippen LogP contribution < -0.4 is 14.4 Å². The van der Waals surface area contributed by atoms with E-state index in [0.717, 1.165) is 4.31 Å². The minimum Gasteiger partial charge on any atom is -0.497 e. The fraction of sp³-hybridized carbons (Fsp3) is 0.310. The third-order valence-electron chi connectivity index (χ3n) is 6.48. The Hall–Kier alpha value is -3.63. The smallest absolute Gasteiger partial charge is 0.264 e. The summed E-state index contributed by atoms with van der Waals surface area (Å²) in [6, 6.07) is 16.3. The van der Waals surface area contributed by atoms with Gasteiger partial charge in [0, 0.05) is 17.6 Å². The normalized spacial score (nSPS) is 12.8. The number of methoxy groups -OCH3 is 1. The van der Waals surface area contributed by atoms with Crippen molar-refractivity contribution >= 4 is 39.1 Å². The Bertz CT molecular complexity index is 1400. The van der Waals surface area contributed by atoms with E-state index in [1.54, 1.807) is 6.92 Å². The van der Waals surface area contributed by atoms with Gasteiger partial charge in [0.25, 0.3) is 10.0 Å². The molecule has 8 nitrogen and oxygen atoms in total. The van der Waals surface area contributed by atoms with Crippen molar-refractivity contribution in [2.24, 2.45) is 0 Å². The monoisotopic (exact) mass is 589 g/mol. The Morgan fingerprint density at radius 2 is 1.57 bits per heavy atom. The maximum Gasteiger partial charge on any atom is 0.264 e. The number of carbonyl (C=O) groups is 2. The molecule has 0 aliphatic rings. The molecule has 0 bridgehead atoms. The van der Waals surface area contributed by atoms with Crippen LogP contribution in [0.4, 0.5) is 10.1 Å². The third-order valence-corrected chi connectivity index (χ3v) is 8.52. The van der Waals surface area contributed by atoms with Crippen LogP contribution in [0.25, 0.3) is 0 Å². The summed E-state index contributed by atoms with van der Waals surface area (Å²) in [4.78, 5) is 28.2. The number of sulfonamides is 1. The number of benzene rings is 3. The molecule has 0 saturated heterocycles. The molecule has 3 aromatic carbocycles. The van der Waals surface area contributed by atoms with E-state index in [1.807, 2.05) is 13.8 Å². The maximum absolute atomic E-state index is 13.9. The molecule has 1 N–H and O–H groups in total. The molecule has 0 radical (unpaired) electrons. The van der Waals surface area contributed by atoms with Gasteiger partial charge < -0.3 is 15.0 Å². The Morgan fingerprint density at radius 1 is 0.975 bits per heavy atom. The third kappa shape index (κ3) is 7.73. The van der Waals surface area contributed by atoms with Crippen molar-refractivity contribution < 1.29 is 27.1 Å². The highest BCUT2D eigenvalue weighted by Crippen LogP contribution is 2.27. The second kappa shape index (κ2) is 13.6. The Balaban J connectivity index is 2.01. The number of carbonyl (C=O) groups excluding carboxylic acids is 2. The number of nitrogens with zero attached hydrogens (tertiary/aromatic N) is 2. The largest absolute Gasteiger partial charge is 0.497 e. The quantitative estimate of drug-likeness (QED) is 0.320. The Labute approximate surface area is 239 Å². The molecule has 0 aromatic heterocycles. The van der Waals surface area contributed by atoms with Crippen LogP contribution in [0.3, 0.4) is 0 Å². The van der Waals surface area contributed by atoms with Crippen LogP contribution in [0.15, 0.2) is 77.7 Å². The highest BCUT2D eigenvalue weighted by Gasteiger charge is 2.32. The first kappa shape index (κ1) is 30.9. The molecule has 2 amide bonds. The second-order valence-corrected chi connectivity index (χ2v) is 11.6. The van der Waals surface area contributed by atoms with Gasteiger partial charge >= 0.3 is 0 Å². The van der Waals surface area contributed by atoms with Gasteiger partial charge in [0.05, 0.1) is 17.7 Å². The molecule has 214 valence electrons. The van der Waals surface area contributed by atoms with E-state index in [9.17, 15) is 22.4 Å². The molecule has 11 heteroatoms. The summed E-state index contributed by atoms with van der Waals surface area (Å²) in [6.07, 6.45) is 0.689.